The SMILES string of the molecule is C[C@@H](Nc1nc(Nc2cn(C)cn2)c2cnn(CCO)c2n1)c1ncc(F)cn1. The Morgan fingerprint density at radius 3 is 2.66 bits per heavy atom. The molecule has 1 atom stereocenters. The molecular formula is C17H19FN10O. The molecule has 0 amide bonds. The summed E-state index contributed by atoms with van der Waals surface area (Å²) < 4.78 is 16.5. The summed E-state index contributed by atoms with van der Waals surface area (Å²) >= 11 is 0. The largest absolute Gasteiger partial charge is 0.394 e. The Labute approximate surface area is 164 Å². The molecule has 0 radical (unpaired) electrons. The Balaban J connectivity index is 1.70. The molecule has 0 unspecified atom stereocenters. The second-order valence-electron chi connectivity index (χ2n) is 6.40. The summed E-state index contributed by atoms with van der Waals surface area (Å²) in [5.41, 5.74) is 0.544. The Kier molecular flexibility index (Phi) is 4.99. The van der Waals surface area contributed by atoms with E-state index in [-0.39, 0.29) is 12.6 Å². The maximum Gasteiger partial charge on any atom is 0.227 e. The minimum absolute atomic E-state index is 0.0770. The number of hydrogen-bond donors (Lipinski definition) is 3. The summed E-state index contributed by atoms with van der Waals surface area (Å²) in [6.07, 6.45) is 7.33. The number of aryl methyl sites for hydroxylation is 1. The first-order valence-corrected chi connectivity index (χ1v) is 8.87. The Morgan fingerprint density at radius 1 is 1.17 bits per heavy atom. The molecule has 0 bridgehead atoms. The van der Waals surface area contributed by atoms with Crippen molar-refractivity contribution in [1.29, 1.82) is 0 Å². The summed E-state index contributed by atoms with van der Waals surface area (Å²) in [6.45, 7) is 2.03. The van der Waals surface area contributed by atoms with E-state index in [4.69, 9.17) is 0 Å². The minimum atomic E-state index is -0.506. The standard InChI is InChI=1S/C17H19FN10O/c1-10(14-19-5-11(18)6-20-14)23-17-25-15(24-13-8-27(2)9-21-13)12-7-22-28(3-4-29)16(12)26-17/h5-10,29H,3-4H2,1-2H3,(H2,23,24,25,26)/t10-/m1/s1. The molecule has 3 N–H and O–H groups in total. The van der Waals surface area contributed by atoms with Gasteiger partial charge in [0.25, 0.3) is 0 Å². The molecule has 0 spiro atoms. The van der Waals surface area contributed by atoms with Crippen LogP contribution in [0, 0.1) is 5.82 Å². The predicted octanol–water partition coefficient (Wildman–Crippen LogP) is 1.40. The molecule has 0 aliphatic carbocycles. The van der Waals surface area contributed by atoms with E-state index in [9.17, 15) is 9.50 Å². The van der Waals surface area contributed by atoms with Crippen LogP contribution >= 0.6 is 0 Å². The van der Waals surface area contributed by atoms with Crippen LogP contribution in [0.2, 0.25) is 0 Å². The van der Waals surface area contributed by atoms with Gasteiger partial charge >= 0.3 is 0 Å². The van der Waals surface area contributed by atoms with Crippen LogP contribution < -0.4 is 10.6 Å². The van der Waals surface area contributed by atoms with Gasteiger partial charge in [0.15, 0.2) is 11.5 Å². The number of anilines is 3. The minimum Gasteiger partial charge on any atom is -0.394 e. The second kappa shape index (κ2) is 7.75. The number of halogens is 1. The third-order valence-corrected chi connectivity index (χ3v) is 4.13. The van der Waals surface area contributed by atoms with Gasteiger partial charge in [0.05, 0.1) is 49.5 Å². The first-order valence-electron chi connectivity index (χ1n) is 8.87. The van der Waals surface area contributed by atoms with Gasteiger partial charge in [-0.2, -0.15) is 15.1 Å². The number of rotatable bonds is 7. The molecule has 11 nitrogen and oxygen atoms in total. The van der Waals surface area contributed by atoms with Gasteiger partial charge in [-0.1, -0.05) is 0 Å². The molecule has 4 rings (SSSR count). The Bertz CT molecular complexity index is 1120. The normalized spacial score (nSPS) is 12.3. The fraction of sp³-hybridized carbons (Fsp3) is 0.294. The van der Waals surface area contributed by atoms with Gasteiger partial charge in [-0.3, -0.25) is 0 Å². The molecule has 12 heteroatoms. The average molecular weight is 398 g/mol. The molecule has 4 aromatic rings. The molecule has 4 aromatic heterocycles. The van der Waals surface area contributed by atoms with E-state index in [1.54, 1.807) is 17.2 Å². The van der Waals surface area contributed by atoms with Gasteiger partial charge in [0.2, 0.25) is 5.95 Å². The number of fused-ring (bicyclic) bond motifs is 1. The van der Waals surface area contributed by atoms with Crippen LogP contribution in [-0.2, 0) is 13.6 Å². The number of nitrogens with zero attached hydrogens (tertiary/aromatic N) is 8. The predicted molar refractivity (Wildman–Crippen MR) is 103 cm³/mol. The van der Waals surface area contributed by atoms with E-state index < -0.39 is 5.82 Å². The lowest BCUT2D eigenvalue weighted by Crippen LogP contribution is -2.14. The van der Waals surface area contributed by atoms with Crippen molar-refractivity contribution in [3.63, 3.8) is 0 Å². The molecule has 0 fully saturated rings. The lowest BCUT2D eigenvalue weighted by molar-refractivity contribution is 0.271. The molecule has 0 aromatic carbocycles. The molecule has 4 heterocycles. The van der Waals surface area contributed by atoms with Crippen molar-refractivity contribution in [2.75, 3.05) is 17.2 Å². The number of imidazole rings is 1. The lowest BCUT2D eigenvalue weighted by Gasteiger charge is -2.14. The fourth-order valence-electron chi connectivity index (χ4n) is 2.78. The summed E-state index contributed by atoms with van der Waals surface area (Å²) in [5, 5.41) is 20.5. The number of hydrogen-bond acceptors (Lipinski definition) is 9. The molecule has 0 saturated heterocycles. The van der Waals surface area contributed by atoms with Crippen molar-refractivity contribution in [3.8, 4) is 0 Å². The number of aliphatic hydroxyl groups excluding tert-OH is 1. The van der Waals surface area contributed by atoms with E-state index >= 15 is 0 Å². The molecule has 29 heavy (non-hydrogen) atoms. The lowest BCUT2D eigenvalue weighted by atomic mass is 10.3. The van der Waals surface area contributed by atoms with Crippen molar-refractivity contribution in [3.05, 3.63) is 42.8 Å². The van der Waals surface area contributed by atoms with Crippen LogP contribution in [0.5, 0.6) is 0 Å². The highest BCUT2D eigenvalue weighted by Gasteiger charge is 2.16. The van der Waals surface area contributed by atoms with Crippen LogP contribution in [0.3, 0.4) is 0 Å². The van der Waals surface area contributed by atoms with E-state index in [1.165, 1.54) is 0 Å². The Hall–Kier alpha value is -3.67. The number of nitrogens with one attached hydrogen (secondary N) is 2. The molecule has 150 valence electrons. The van der Waals surface area contributed by atoms with Gasteiger partial charge in [-0.15, -0.1) is 0 Å². The molecule has 0 saturated carbocycles. The first-order chi connectivity index (χ1) is 14.0. The molecule has 0 aliphatic rings. The summed E-state index contributed by atoms with van der Waals surface area (Å²) in [7, 11) is 1.87. The van der Waals surface area contributed by atoms with Crippen LogP contribution in [-0.4, -0.2) is 51.0 Å². The highest BCUT2D eigenvalue weighted by atomic mass is 19.1. The maximum atomic E-state index is 13.1. The zero-order chi connectivity index (χ0) is 20.4. The van der Waals surface area contributed by atoms with Crippen molar-refractivity contribution < 1.29 is 9.50 Å². The maximum absolute atomic E-state index is 13.1. The van der Waals surface area contributed by atoms with Gasteiger partial charge < -0.3 is 20.3 Å². The van der Waals surface area contributed by atoms with Crippen molar-refractivity contribution in [2.24, 2.45) is 7.05 Å². The summed E-state index contributed by atoms with van der Waals surface area (Å²) in [6, 6.07) is -0.370. The molecular weight excluding hydrogens is 379 g/mol. The van der Waals surface area contributed by atoms with Crippen molar-refractivity contribution in [2.45, 2.75) is 19.5 Å². The van der Waals surface area contributed by atoms with Gasteiger partial charge in [-0.25, -0.2) is 24.0 Å². The third kappa shape index (κ3) is 3.96. The highest BCUT2D eigenvalue weighted by Crippen LogP contribution is 2.25. The first kappa shape index (κ1) is 18.7. The zero-order valence-electron chi connectivity index (χ0n) is 15.8. The van der Waals surface area contributed by atoms with Crippen LogP contribution in [0.4, 0.5) is 22.0 Å². The van der Waals surface area contributed by atoms with Gasteiger partial charge in [-0.05, 0) is 6.92 Å². The van der Waals surface area contributed by atoms with Crippen LogP contribution in [0.15, 0.2) is 31.1 Å². The highest BCUT2D eigenvalue weighted by molar-refractivity contribution is 5.89. The second-order valence-corrected chi connectivity index (χ2v) is 6.40. The fourth-order valence-corrected chi connectivity index (χ4v) is 2.78. The monoisotopic (exact) mass is 398 g/mol. The van der Waals surface area contributed by atoms with Gasteiger partial charge in [0, 0.05) is 13.2 Å². The van der Waals surface area contributed by atoms with Crippen molar-refractivity contribution >= 4 is 28.6 Å². The Morgan fingerprint density at radius 2 is 1.97 bits per heavy atom. The third-order valence-electron chi connectivity index (χ3n) is 4.13. The quantitative estimate of drug-likeness (QED) is 0.422. The zero-order valence-corrected chi connectivity index (χ0v) is 15.8. The van der Waals surface area contributed by atoms with E-state index in [0.717, 1.165) is 12.4 Å². The van der Waals surface area contributed by atoms with Crippen molar-refractivity contribution in [1.82, 2.24) is 39.3 Å². The van der Waals surface area contributed by atoms with E-state index in [2.05, 4.69) is 40.7 Å². The number of aliphatic hydroxyl groups is 1. The molecule has 0 aliphatic heterocycles. The van der Waals surface area contributed by atoms with E-state index in [1.807, 2.05) is 24.7 Å². The van der Waals surface area contributed by atoms with E-state index in [0.29, 0.717) is 41.0 Å². The van der Waals surface area contributed by atoms with Gasteiger partial charge in [0.1, 0.15) is 17.5 Å². The van der Waals surface area contributed by atoms with Crippen LogP contribution in [0.25, 0.3) is 11.0 Å². The number of aromatic nitrogens is 8. The van der Waals surface area contributed by atoms with Crippen LogP contribution in [0.1, 0.15) is 18.8 Å². The topological polar surface area (TPSA) is 131 Å². The smallest absolute Gasteiger partial charge is 0.227 e. The summed E-state index contributed by atoms with van der Waals surface area (Å²) in [4.78, 5) is 21.3. The summed E-state index contributed by atoms with van der Waals surface area (Å²) in [5.74, 6) is 1.32. The average Bonchev–Trinajstić information content (AvgIpc) is 3.29.